The van der Waals surface area contributed by atoms with Gasteiger partial charge in [0.25, 0.3) is 0 Å². The van der Waals surface area contributed by atoms with Gasteiger partial charge in [0, 0.05) is 22.4 Å². The summed E-state index contributed by atoms with van der Waals surface area (Å²) in [4.78, 5) is 2.50. The first-order valence-electron chi connectivity index (χ1n) is 19.5. The lowest BCUT2D eigenvalue weighted by Crippen LogP contribution is -2.17. The lowest BCUT2D eigenvalue weighted by molar-refractivity contribution is 0.592. The highest BCUT2D eigenvalue weighted by atomic mass is 15.1. The lowest BCUT2D eigenvalue weighted by atomic mass is 9.81. The van der Waals surface area contributed by atoms with Crippen molar-refractivity contribution in [1.82, 2.24) is 0 Å². The fraction of sp³-hybridized carbons (Fsp3) is 0.148. The zero-order valence-corrected chi connectivity index (χ0v) is 32.7. The molecule has 9 rings (SSSR count). The van der Waals surface area contributed by atoms with Crippen molar-refractivity contribution >= 4 is 27.8 Å². The van der Waals surface area contributed by atoms with Crippen LogP contribution in [0.4, 0.5) is 17.1 Å². The van der Waals surface area contributed by atoms with Crippen molar-refractivity contribution in [2.45, 2.75) is 52.4 Å². The van der Waals surface area contributed by atoms with E-state index < -0.39 is 0 Å². The van der Waals surface area contributed by atoms with Gasteiger partial charge in [-0.1, -0.05) is 174 Å². The quantitative estimate of drug-likeness (QED) is 0.166. The molecule has 0 atom stereocenters. The predicted molar refractivity (Wildman–Crippen MR) is 236 cm³/mol. The number of hydrogen-bond acceptors (Lipinski definition) is 1. The zero-order chi connectivity index (χ0) is 37.9. The molecule has 0 amide bonds. The van der Waals surface area contributed by atoms with Crippen LogP contribution in [0.2, 0.25) is 0 Å². The third-order valence-electron chi connectivity index (χ3n) is 11.7. The van der Waals surface area contributed by atoms with Crippen LogP contribution in [0.1, 0.15) is 56.9 Å². The van der Waals surface area contributed by atoms with Crippen LogP contribution in [0, 0.1) is 6.92 Å². The molecule has 0 bridgehead atoms. The van der Waals surface area contributed by atoms with Crippen molar-refractivity contribution in [3.63, 3.8) is 0 Å². The first-order valence-corrected chi connectivity index (χ1v) is 19.5. The first kappa shape index (κ1) is 34.6. The molecule has 1 aliphatic carbocycles. The summed E-state index contributed by atoms with van der Waals surface area (Å²) >= 11 is 0. The van der Waals surface area contributed by atoms with Crippen molar-refractivity contribution in [3.05, 3.63) is 198 Å². The molecule has 0 spiro atoms. The fourth-order valence-corrected chi connectivity index (χ4v) is 8.81. The molecule has 0 fully saturated rings. The van der Waals surface area contributed by atoms with E-state index in [1.807, 2.05) is 0 Å². The molecule has 8 aromatic rings. The molecule has 8 aromatic carbocycles. The Morgan fingerprint density at radius 3 is 1.67 bits per heavy atom. The van der Waals surface area contributed by atoms with Crippen molar-refractivity contribution < 1.29 is 0 Å². The van der Waals surface area contributed by atoms with Gasteiger partial charge in [0.15, 0.2) is 0 Å². The highest BCUT2D eigenvalue weighted by Gasteiger charge is 2.37. The maximum Gasteiger partial charge on any atom is 0.0546 e. The number of nitrogens with zero attached hydrogens (tertiary/aromatic N) is 1. The monoisotopic (exact) mass is 709 g/mol. The van der Waals surface area contributed by atoms with Crippen molar-refractivity contribution in [1.29, 1.82) is 0 Å². The van der Waals surface area contributed by atoms with E-state index in [0.29, 0.717) is 0 Å². The molecule has 0 heterocycles. The van der Waals surface area contributed by atoms with Crippen molar-refractivity contribution in [3.8, 4) is 44.5 Å². The summed E-state index contributed by atoms with van der Waals surface area (Å²) in [6.45, 7) is 14.0. The van der Waals surface area contributed by atoms with Gasteiger partial charge in [0.05, 0.1) is 5.69 Å². The van der Waals surface area contributed by atoms with E-state index in [2.05, 4.69) is 222 Å². The van der Waals surface area contributed by atoms with Gasteiger partial charge in [-0.15, -0.1) is 0 Å². The van der Waals surface area contributed by atoms with E-state index in [1.165, 1.54) is 83.2 Å². The van der Waals surface area contributed by atoms with Crippen LogP contribution in [0.5, 0.6) is 0 Å². The third kappa shape index (κ3) is 6.05. The van der Waals surface area contributed by atoms with Crippen LogP contribution in [0.15, 0.2) is 176 Å². The van der Waals surface area contributed by atoms with Gasteiger partial charge in [-0.25, -0.2) is 0 Å². The van der Waals surface area contributed by atoms with Gasteiger partial charge in [0.1, 0.15) is 0 Å². The summed E-state index contributed by atoms with van der Waals surface area (Å²) < 4.78 is 0. The number of fused-ring (bicyclic) bond motifs is 4. The summed E-state index contributed by atoms with van der Waals surface area (Å²) in [6, 6.07) is 65.1. The largest absolute Gasteiger partial charge is 0.310 e. The van der Waals surface area contributed by atoms with Gasteiger partial charge in [0.2, 0.25) is 0 Å². The molecular formula is C54H47N. The summed E-state index contributed by atoms with van der Waals surface area (Å²) in [7, 11) is 0. The molecule has 0 N–H and O–H groups in total. The predicted octanol–water partition coefficient (Wildman–Crippen LogP) is 15.2. The summed E-state index contributed by atoms with van der Waals surface area (Å²) in [5, 5.41) is 2.46. The van der Waals surface area contributed by atoms with E-state index in [1.54, 1.807) is 0 Å². The first-order chi connectivity index (χ1) is 26.6. The number of anilines is 3. The maximum atomic E-state index is 2.50. The molecule has 268 valence electrons. The average molecular weight is 710 g/mol. The summed E-state index contributed by atoms with van der Waals surface area (Å²) in [6.07, 6.45) is 0. The minimum atomic E-state index is -0.126. The Hall–Kier alpha value is -6.18. The molecular weight excluding hydrogens is 663 g/mol. The smallest absolute Gasteiger partial charge is 0.0546 e. The molecule has 0 radical (unpaired) electrons. The Kier molecular flexibility index (Phi) is 8.35. The summed E-state index contributed by atoms with van der Waals surface area (Å²) in [5.74, 6) is 0. The van der Waals surface area contributed by atoms with Crippen molar-refractivity contribution in [2.75, 3.05) is 4.90 Å². The second-order valence-electron chi connectivity index (χ2n) is 16.7. The van der Waals surface area contributed by atoms with E-state index >= 15 is 0 Å². The van der Waals surface area contributed by atoms with Crippen LogP contribution in [-0.4, -0.2) is 0 Å². The molecule has 1 nitrogen and oxygen atoms in total. The molecule has 0 saturated carbocycles. The van der Waals surface area contributed by atoms with Crippen LogP contribution < -0.4 is 4.90 Å². The molecule has 1 aliphatic rings. The Morgan fingerprint density at radius 2 is 1.00 bits per heavy atom. The summed E-state index contributed by atoms with van der Waals surface area (Å²) in [5.41, 5.74) is 18.8. The van der Waals surface area contributed by atoms with Gasteiger partial charge in [-0.3, -0.25) is 0 Å². The molecule has 0 unspecified atom stereocenters. The normalized spacial score (nSPS) is 13.1. The van der Waals surface area contributed by atoms with Gasteiger partial charge < -0.3 is 4.90 Å². The third-order valence-corrected chi connectivity index (χ3v) is 11.7. The second-order valence-corrected chi connectivity index (χ2v) is 16.7. The van der Waals surface area contributed by atoms with E-state index in [-0.39, 0.29) is 10.8 Å². The Labute approximate surface area is 326 Å². The Balaban J connectivity index is 1.24. The van der Waals surface area contributed by atoms with Crippen LogP contribution in [0.25, 0.3) is 55.3 Å². The SMILES string of the molecule is Cc1cccc2c1-c1ccc(N(c3ccc(-c4ccc(-c5ccccc5)cc4)cc3)c3cc4ccccc4cc3-c3ccccc3C(C)(C)C)cc1C2(C)C. The number of hydrogen-bond donors (Lipinski definition) is 0. The Bertz CT molecular complexity index is 2690. The maximum absolute atomic E-state index is 2.50. The van der Waals surface area contributed by atoms with Crippen LogP contribution in [0.3, 0.4) is 0 Å². The van der Waals surface area contributed by atoms with E-state index in [4.69, 9.17) is 0 Å². The molecule has 0 saturated heterocycles. The van der Waals surface area contributed by atoms with Gasteiger partial charge in [-0.2, -0.15) is 0 Å². The lowest BCUT2D eigenvalue weighted by Gasteiger charge is -2.31. The molecule has 0 aromatic heterocycles. The molecule has 1 heteroatoms. The van der Waals surface area contributed by atoms with Crippen LogP contribution in [-0.2, 0) is 10.8 Å². The minimum Gasteiger partial charge on any atom is -0.310 e. The van der Waals surface area contributed by atoms with Gasteiger partial charge in [-0.05, 0) is 121 Å². The molecule has 55 heavy (non-hydrogen) atoms. The number of rotatable bonds is 6. The number of aryl methyl sites for hydroxylation is 1. The average Bonchev–Trinajstić information content (AvgIpc) is 3.44. The highest BCUT2D eigenvalue weighted by molar-refractivity contribution is 5.99. The molecule has 0 aliphatic heterocycles. The van der Waals surface area contributed by atoms with Crippen molar-refractivity contribution in [2.24, 2.45) is 0 Å². The standard InChI is InChI=1S/C54H47N/c1-36-15-14-22-49-52(36)46-32-31-44(35-50(46)54(49,5)6)55(43-29-27-40(28-30-43)39-25-23-38(24-26-39)37-16-8-7-9-17-37)51-34-42-19-11-10-18-41(42)33-47(51)45-20-12-13-21-48(45)53(2,3)4/h7-35H,1-6H3. The topological polar surface area (TPSA) is 3.24 Å². The number of benzene rings is 8. The highest BCUT2D eigenvalue weighted by Crippen LogP contribution is 2.53. The Morgan fingerprint density at radius 1 is 0.436 bits per heavy atom. The van der Waals surface area contributed by atoms with Gasteiger partial charge >= 0.3 is 0 Å². The fourth-order valence-electron chi connectivity index (χ4n) is 8.81. The van der Waals surface area contributed by atoms with E-state index in [9.17, 15) is 0 Å². The zero-order valence-electron chi connectivity index (χ0n) is 32.7. The van der Waals surface area contributed by atoms with E-state index in [0.717, 1.165) is 11.4 Å². The second kappa shape index (κ2) is 13.3. The minimum absolute atomic E-state index is 0.0384. The van der Waals surface area contributed by atoms with Crippen LogP contribution >= 0.6 is 0 Å².